The minimum atomic E-state index is -1.21. The van der Waals surface area contributed by atoms with Gasteiger partial charge in [-0.15, -0.1) is 0 Å². The highest BCUT2D eigenvalue weighted by atomic mass is 16.6. The van der Waals surface area contributed by atoms with Crippen LogP contribution in [0.25, 0.3) is 0 Å². The van der Waals surface area contributed by atoms with Gasteiger partial charge in [-0.25, -0.2) is 0 Å². The molecule has 4 nitrogen and oxygen atoms in total. The van der Waals surface area contributed by atoms with Crippen molar-refractivity contribution < 1.29 is 19.1 Å². The molecular formula is C23H36O4. The van der Waals surface area contributed by atoms with Gasteiger partial charge in [-0.1, -0.05) is 25.7 Å². The Morgan fingerprint density at radius 2 is 1.07 bits per heavy atom. The third kappa shape index (κ3) is 4.05. The van der Waals surface area contributed by atoms with E-state index in [1.54, 1.807) is 13.8 Å². The Bertz CT molecular complexity index is 505. The lowest BCUT2D eigenvalue weighted by atomic mass is 9.65. The first-order valence-electron chi connectivity index (χ1n) is 11.3. The SMILES string of the molecule is CC(C)(C(=O)OCC1CC2CCC1CC2)C(=O)OCC1CC2CCC1CC2. The van der Waals surface area contributed by atoms with Gasteiger partial charge in [0.15, 0.2) is 5.41 Å². The number of hydrogen-bond acceptors (Lipinski definition) is 4. The van der Waals surface area contributed by atoms with Crippen molar-refractivity contribution in [1.29, 1.82) is 0 Å². The van der Waals surface area contributed by atoms with E-state index >= 15 is 0 Å². The van der Waals surface area contributed by atoms with Gasteiger partial charge in [0.25, 0.3) is 0 Å². The Morgan fingerprint density at radius 1 is 0.704 bits per heavy atom. The second-order valence-corrected chi connectivity index (χ2v) is 10.4. The van der Waals surface area contributed by atoms with Gasteiger partial charge in [-0.05, 0) is 87.9 Å². The monoisotopic (exact) mass is 376 g/mol. The summed E-state index contributed by atoms with van der Waals surface area (Å²) in [6.07, 6.45) is 12.9. The Hall–Kier alpha value is -1.06. The van der Waals surface area contributed by atoms with Gasteiger partial charge in [0.2, 0.25) is 0 Å². The second-order valence-electron chi connectivity index (χ2n) is 10.4. The maximum Gasteiger partial charge on any atom is 0.322 e. The van der Waals surface area contributed by atoms with E-state index in [2.05, 4.69) is 0 Å². The molecule has 6 aliphatic rings. The van der Waals surface area contributed by atoms with Gasteiger partial charge in [-0.3, -0.25) is 9.59 Å². The van der Waals surface area contributed by atoms with Crippen LogP contribution in [0.4, 0.5) is 0 Å². The molecule has 0 heterocycles. The average Bonchev–Trinajstić information content (AvgIpc) is 2.71. The third-order valence-corrected chi connectivity index (χ3v) is 8.27. The Kier molecular flexibility index (Phi) is 5.53. The van der Waals surface area contributed by atoms with E-state index < -0.39 is 17.4 Å². The molecule has 6 saturated carbocycles. The molecule has 4 heteroatoms. The van der Waals surface area contributed by atoms with Crippen LogP contribution in [-0.2, 0) is 19.1 Å². The summed E-state index contributed by atoms with van der Waals surface area (Å²) >= 11 is 0. The molecule has 6 rings (SSSR count). The zero-order chi connectivity index (χ0) is 19.0. The van der Waals surface area contributed by atoms with E-state index in [4.69, 9.17) is 9.47 Å². The van der Waals surface area contributed by atoms with Crippen LogP contribution in [0, 0.1) is 40.9 Å². The number of carbonyl (C=O) groups is 2. The molecule has 6 aliphatic carbocycles. The molecule has 152 valence electrons. The highest BCUT2D eigenvalue weighted by molar-refractivity contribution is 5.99. The fourth-order valence-electron chi connectivity index (χ4n) is 6.25. The van der Waals surface area contributed by atoms with Crippen molar-refractivity contribution in [3.05, 3.63) is 0 Å². The van der Waals surface area contributed by atoms with Crippen LogP contribution in [0.2, 0.25) is 0 Å². The Labute approximate surface area is 163 Å². The highest BCUT2D eigenvalue weighted by Crippen LogP contribution is 2.46. The van der Waals surface area contributed by atoms with Gasteiger partial charge in [0.1, 0.15) is 0 Å². The molecule has 6 fully saturated rings. The highest BCUT2D eigenvalue weighted by Gasteiger charge is 2.43. The number of hydrogen-bond donors (Lipinski definition) is 0. The number of rotatable bonds is 6. The van der Waals surface area contributed by atoms with Crippen molar-refractivity contribution in [2.24, 2.45) is 40.9 Å². The van der Waals surface area contributed by atoms with Crippen LogP contribution < -0.4 is 0 Å². The average molecular weight is 377 g/mol. The minimum absolute atomic E-state index is 0.417. The Balaban J connectivity index is 1.24. The molecule has 27 heavy (non-hydrogen) atoms. The summed E-state index contributed by atoms with van der Waals surface area (Å²) < 4.78 is 11.2. The van der Waals surface area contributed by atoms with Crippen molar-refractivity contribution in [2.75, 3.05) is 13.2 Å². The summed E-state index contributed by atoms with van der Waals surface area (Å²) in [5, 5.41) is 0. The van der Waals surface area contributed by atoms with Crippen LogP contribution in [0.3, 0.4) is 0 Å². The maximum absolute atomic E-state index is 12.6. The van der Waals surface area contributed by atoms with E-state index in [-0.39, 0.29) is 0 Å². The zero-order valence-electron chi connectivity index (χ0n) is 17.1. The quantitative estimate of drug-likeness (QED) is 0.496. The Morgan fingerprint density at radius 3 is 1.37 bits per heavy atom. The maximum atomic E-state index is 12.6. The molecule has 2 atom stereocenters. The van der Waals surface area contributed by atoms with E-state index in [1.807, 2.05) is 0 Å². The summed E-state index contributed by atoms with van der Waals surface area (Å²) in [5.41, 5.74) is -1.21. The van der Waals surface area contributed by atoms with E-state index in [0.29, 0.717) is 36.9 Å². The summed E-state index contributed by atoms with van der Waals surface area (Å²) in [6, 6.07) is 0. The van der Waals surface area contributed by atoms with Crippen molar-refractivity contribution in [3.63, 3.8) is 0 Å². The van der Waals surface area contributed by atoms with Crippen LogP contribution >= 0.6 is 0 Å². The predicted octanol–water partition coefficient (Wildman–Crippen LogP) is 4.75. The van der Waals surface area contributed by atoms with Crippen molar-refractivity contribution in [3.8, 4) is 0 Å². The second kappa shape index (κ2) is 7.75. The van der Waals surface area contributed by atoms with Crippen LogP contribution in [0.15, 0.2) is 0 Å². The first-order chi connectivity index (χ1) is 12.9. The minimum Gasteiger partial charge on any atom is -0.465 e. The summed E-state index contributed by atoms with van der Waals surface area (Å²) in [6.45, 7) is 4.25. The lowest BCUT2D eigenvalue weighted by molar-refractivity contribution is -0.173. The van der Waals surface area contributed by atoms with Crippen molar-refractivity contribution in [1.82, 2.24) is 0 Å². The fourth-order valence-corrected chi connectivity index (χ4v) is 6.25. The topological polar surface area (TPSA) is 52.6 Å². The summed E-state index contributed by atoms with van der Waals surface area (Å²) in [7, 11) is 0. The normalized spacial score (nSPS) is 37.9. The van der Waals surface area contributed by atoms with Gasteiger partial charge in [-0.2, -0.15) is 0 Å². The van der Waals surface area contributed by atoms with Gasteiger partial charge >= 0.3 is 11.9 Å². The molecule has 0 spiro atoms. The standard InChI is InChI=1S/C23H36O4/c1-23(2,21(24)26-13-19-11-15-3-7-17(19)8-4-15)22(25)27-14-20-12-16-5-9-18(20)10-6-16/h15-20H,3-14H2,1-2H3. The zero-order valence-corrected chi connectivity index (χ0v) is 17.1. The molecule has 0 aromatic rings. The molecular weight excluding hydrogens is 340 g/mol. The predicted molar refractivity (Wildman–Crippen MR) is 103 cm³/mol. The van der Waals surface area contributed by atoms with Gasteiger partial charge in [0, 0.05) is 0 Å². The molecule has 0 aliphatic heterocycles. The largest absolute Gasteiger partial charge is 0.465 e. The van der Waals surface area contributed by atoms with Gasteiger partial charge in [0.05, 0.1) is 13.2 Å². The molecule has 2 unspecified atom stereocenters. The fraction of sp³-hybridized carbons (Fsp3) is 0.913. The van der Waals surface area contributed by atoms with E-state index in [0.717, 1.165) is 11.8 Å². The number of fused-ring (bicyclic) bond motifs is 6. The van der Waals surface area contributed by atoms with Crippen molar-refractivity contribution in [2.45, 2.75) is 78.1 Å². The molecule has 0 radical (unpaired) electrons. The van der Waals surface area contributed by atoms with E-state index in [1.165, 1.54) is 64.2 Å². The van der Waals surface area contributed by atoms with Crippen molar-refractivity contribution >= 4 is 11.9 Å². The first-order valence-corrected chi connectivity index (χ1v) is 11.3. The van der Waals surface area contributed by atoms with Crippen LogP contribution in [-0.4, -0.2) is 25.2 Å². The molecule has 0 N–H and O–H groups in total. The molecule has 4 bridgehead atoms. The summed E-state index contributed by atoms with van der Waals surface area (Å²) in [4.78, 5) is 25.2. The smallest absolute Gasteiger partial charge is 0.322 e. The number of carbonyl (C=O) groups excluding carboxylic acids is 2. The van der Waals surface area contributed by atoms with Gasteiger partial charge < -0.3 is 9.47 Å². The third-order valence-electron chi connectivity index (χ3n) is 8.27. The van der Waals surface area contributed by atoms with Crippen LogP contribution in [0.1, 0.15) is 78.1 Å². The number of ether oxygens (including phenoxy) is 2. The lowest BCUT2D eigenvalue weighted by Gasteiger charge is -2.42. The van der Waals surface area contributed by atoms with Crippen LogP contribution in [0.5, 0.6) is 0 Å². The first kappa shape index (κ1) is 19.3. The molecule has 0 amide bonds. The molecule has 0 saturated heterocycles. The number of esters is 2. The molecule has 0 aromatic heterocycles. The molecule has 0 aromatic carbocycles. The summed E-state index contributed by atoms with van der Waals surface area (Å²) in [5.74, 6) is 3.21. The van der Waals surface area contributed by atoms with E-state index in [9.17, 15) is 9.59 Å². The lowest BCUT2D eigenvalue weighted by Crippen LogP contribution is -2.41.